The molecule has 0 saturated heterocycles. The molecule has 130 valence electrons. The molecule has 6 nitrogen and oxygen atoms in total. The Bertz CT molecular complexity index is 540. The van der Waals surface area contributed by atoms with E-state index in [2.05, 4.69) is 31.6 Å². The van der Waals surface area contributed by atoms with Crippen molar-refractivity contribution in [2.24, 2.45) is 10.7 Å². The molecule has 0 saturated carbocycles. The highest BCUT2D eigenvalue weighted by atomic mass is 127. The first-order valence-corrected chi connectivity index (χ1v) is 7.83. The van der Waals surface area contributed by atoms with Gasteiger partial charge >= 0.3 is 0 Å². The molecule has 0 aromatic heterocycles. The van der Waals surface area contributed by atoms with E-state index in [0.29, 0.717) is 19.1 Å². The number of aliphatic imine (C=N–C) groups is 1. The standard InChI is InChI=1S/C15H23BrN4O2.HI/c1-10-4-5-12(16)8-13(10)20-14(21)6-7-18-15(17)19-11(2)9-22-3;/h4-5,8,11H,6-7,9H2,1-3H3,(H,20,21)(H3,17,18,19);1H. The van der Waals surface area contributed by atoms with Crippen molar-refractivity contribution >= 4 is 57.5 Å². The predicted octanol–water partition coefficient (Wildman–Crippen LogP) is 2.64. The van der Waals surface area contributed by atoms with Crippen LogP contribution in [0.1, 0.15) is 18.9 Å². The summed E-state index contributed by atoms with van der Waals surface area (Å²) in [4.78, 5) is 16.0. The Morgan fingerprint density at radius 2 is 2.17 bits per heavy atom. The second-order valence-electron chi connectivity index (χ2n) is 5.03. The Morgan fingerprint density at radius 3 is 2.83 bits per heavy atom. The molecule has 0 aliphatic rings. The maximum absolute atomic E-state index is 11.9. The number of ether oxygens (including phenoxy) is 1. The van der Waals surface area contributed by atoms with Crippen molar-refractivity contribution in [2.75, 3.05) is 25.6 Å². The van der Waals surface area contributed by atoms with Gasteiger partial charge in [-0.1, -0.05) is 22.0 Å². The Kier molecular flexibility index (Phi) is 11.2. The summed E-state index contributed by atoms with van der Waals surface area (Å²) in [6.07, 6.45) is 0.271. The van der Waals surface area contributed by atoms with E-state index in [0.717, 1.165) is 15.7 Å². The molecule has 0 bridgehead atoms. The van der Waals surface area contributed by atoms with E-state index in [4.69, 9.17) is 10.5 Å². The number of rotatable bonds is 7. The predicted molar refractivity (Wildman–Crippen MR) is 109 cm³/mol. The van der Waals surface area contributed by atoms with Gasteiger partial charge in [0.25, 0.3) is 0 Å². The highest BCUT2D eigenvalue weighted by Crippen LogP contribution is 2.20. The van der Waals surface area contributed by atoms with E-state index < -0.39 is 0 Å². The number of methoxy groups -OCH3 is 1. The van der Waals surface area contributed by atoms with Crippen LogP contribution in [-0.4, -0.2) is 38.2 Å². The summed E-state index contributed by atoms with van der Waals surface area (Å²) in [6, 6.07) is 5.82. The third-order valence-corrected chi connectivity index (χ3v) is 3.40. The lowest BCUT2D eigenvalue weighted by Crippen LogP contribution is -2.40. The highest BCUT2D eigenvalue weighted by Gasteiger charge is 2.06. The summed E-state index contributed by atoms with van der Waals surface area (Å²) in [5.74, 6) is 0.221. The van der Waals surface area contributed by atoms with E-state index in [1.807, 2.05) is 32.0 Å². The molecule has 0 heterocycles. The number of nitrogens with two attached hydrogens (primary N) is 1. The van der Waals surface area contributed by atoms with Crippen LogP contribution in [0.2, 0.25) is 0 Å². The van der Waals surface area contributed by atoms with Gasteiger partial charge in [0.05, 0.1) is 13.2 Å². The van der Waals surface area contributed by atoms with Crippen molar-refractivity contribution < 1.29 is 9.53 Å². The number of aryl methyl sites for hydroxylation is 1. The molecule has 1 unspecified atom stereocenters. The first kappa shape index (κ1) is 22.1. The monoisotopic (exact) mass is 498 g/mol. The van der Waals surface area contributed by atoms with Crippen molar-refractivity contribution in [2.45, 2.75) is 26.3 Å². The minimum atomic E-state index is -0.0947. The first-order chi connectivity index (χ1) is 10.4. The molecular formula is C15H24BrIN4O2. The first-order valence-electron chi connectivity index (χ1n) is 7.03. The average Bonchev–Trinajstić information content (AvgIpc) is 2.43. The van der Waals surface area contributed by atoms with Crippen LogP contribution in [0, 0.1) is 6.92 Å². The summed E-state index contributed by atoms with van der Waals surface area (Å²) >= 11 is 3.39. The van der Waals surface area contributed by atoms with Gasteiger partial charge in [-0.3, -0.25) is 9.79 Å². The number of halogens is 2. The van der Waals surface area contributed by atoms with Gasteiger partial charge in [0, 0.05) is 29.7 Å². The number of carbonyl (C=O) groups excluding carboxylic acids is 1. The molecule has 1 amide bonds. The molecule has 1 rings (SSSR count). The fraction of sp³-hybridized carbons (Fsp3) is 0.467. The Balaban J connectivity index is 0.00000484. The second-order valence-corrected chi connectivity index (χ2v) is 5.94. The molecule has 0 radical (unpaired) electrons. The summed E-state index contributed by atoms with van der Waals surface area (Å²) < 4.78 is 5.92. The van der Waals surface area contributed by atoms with E-state index in [9.17, 15) is 4.79 Å². The Morgan fingerprint density at radius 1 is 1.48 bits per heavy atom. The zero-order valence-corrected chi connectivity index (χ0v) is 17.5. The van der Waals surface area contributed by atoms with Gasteiger partial charge < -0.3 is 21.1 Å². The largest absolute Gasteiger partial charge is 0.383 e. The highest BCUT2D eigenvalue weighted by molar-refractivity contribution is 14.0. The number of nitrogens with zero attached hydrogens (tertiary/aromatic N) is 1. The normalized spacial score (nSPS) is 12.3. The molecule has 0 aliphatic heterocycles. The topological polar surface area (TPSA) is 88.7 Å². The molecule has 1 aromatic rings. The van der Waals surface area contributed by atoms with Crippen molar-refractivity contribution in [3.63, 3.8) is 0 Å². The minimum Gasteiger partial charge on any atom is -0.383 e. The molecule has 0 fully saturated rings. The number of carbonyl (C=O) groups is 1. The van der Waals surface area contributed by atoms with E-state index >= 15 is 0 Å². The van der Waals surface area contributed by atoms with Crippen molar-refractivity contribution in [3.05, 3.63) is 28.2 Å². The van der Waals surface area contributed by atoms with Gasteiger partial charge in [0.15, 0.2) is 5.96 Å². The smallest absolute Gasteiger partial charge is 0.226 e. The van der Waals surface area contributed by atoms with Crippen molar-refractivity contribution in [1.82, 2.24) is 5.32 Å². The zero-order valence-electron chi connectivity index (χ0n) is 13.6. The molecule has 1 atom stereocenters. The van der Waals surface area contributed by atoms with Crippen LogP contribution in [0.25, 0.3) is 0 Å². The third-order valence-electron chi connectivity index (χ3n) is 2.91. The summed E-state index contributed by atoms with van der Waals surface area (Å²) in [5, 5.41) is 5.85. The molecule has 0 aliphatic carbocycles. The van der Waals surface area contributed by atoms with Gasteiger partial charge in [-0.2, -0.15) is 0 Å². The maximum atomic E-state index is 11.9. The van der Waals surface area contributed by atoms with Gasteiger partial charge in [-0.15, -0.1) is 24.0 Å². The molecular weight excluding hydrogens is 475 g/mol. The fourth-order valence-corrected chi connectivity index (χ4v) is 2.17. The quantitative estimate of drug-likeness (QED) is 0.306. The van der Waals surface area contributed by atoms with E-state index in [1.54, 1.807) is 7.11 Å². The number of hydrogen-bond donors (Lipinski definition) is 3. The van der Waals surface area contributed by atoms with Crippen molar-refractivity contribution in [3.8, 4) is 0 Å². The molecule has 4 N–H and O–H groups in total. The van der Waals surface area contributed by atoms with Gasteiger partial charge in [0.1, 0.15) is 0 Å². The Labute approximate surface area is 162 Å². The van der Waals surface area contributed by atoms with Crippen LogP contribution >= 0.6 is 39.9 Å². The van der Waals surface area contributed by atoms with Crippen LogP contribution < -0.4 is 16.4 Å². The van der Waals surface area contributed by atoms with Crippen LogP contribution in [0.15, 0.2) is 27.7 Å². The van der Waals surface area contributed by atoms with E-state index in [-0.39, 0.29) is 42.3 Å². The fourth-order valence-electron chi connectivity index (χ4n) is 1.81. The summed E-state index contributed by atoms with van der Waals surface area (Å²) in [7, 11) is 1.62. The summed E-state index contributed by atoms with van der Waals surface area (Å²) in [6.45, 7) is 4.75. The summed E-state index contributed by atoms with van der Waals surface area (Å²) in [5.41, 5.74) is 7.54. The maximum Gasteiger partial charge on any atom is 0.226 e. The van der Waals surface area contributed by atoms with E-state index in [1.165, 1.54) is 0 Å². The second kappa shape index (κ2) is 11.6. The van der Waals surface area contributed by atoms with Gasteiger partial charge in [-0.05, 0) is 31.5 Å². The average molecular weight is 499 g/mol. The van der Waals surface area contributed by atoms with Crippen LogP contribution in [-0.2, 0) is 9.53 Å². The van der Waals surface area contributed by atoms with Crippen LogP contribution in [0.3, 0.4) is 0 Å². The van der Waals surface area contributed by atoms with Gasteiger partial charge in [-0.25, -0.2) is 0 Å². The van der Waals surface area contributed by atoms with Gasteiger partial charge in [0.2, 0.25) is 5.91 Å². The lowest BCUT2D eigenvalue weighted by Gasteiger charge is -2.13. The minimum absolute atomic E-state index is 0. The lowest BCUT2D eigenvalue weighted by molar-refractivity contribution is -0.116. The molecule has 23 heavy (non-hydrogen) atoms. The Hall–Kier alpha value is -0.870. The van der Waals surface area contributed by atoms with Crippen LogP contribution in [0.4, 0.5) is 5.69 Å². The number of amides is 1. The number of hydrogen-bond acceptors (Lipinski definition) is 3. The SMILES string of the molecule is COCC(C)NC(N)=NCCC(=O)Nc1cc(Br)ccc1C.I. The van der Waals surface area contributed by atoms with Crippen molar-refractivity contribution in [1.29, 1.82) is 0 Å². The molecule has 0 spiro atoms. The number of guanidine groups is 1. The third kappa shape index (κ3) is 9.11. The molecule has 1 aromatic carbocycles. The lowest BCUT2D eigenvalue weighted by atomic mass is 10.2. The zero-order chi connectivity index (χ0) is 16.5. The number of benzene rings is 1. The van der Waals surface area contributed by atoms with Crippen LogP contribution in [0.5, 0.6) is 0 Å². The number of anilines is 1. The molecule has 8 heteroatoms. The number of nitrogens with one attached hydrogen (secondary N) is 2.